The average Bonchev–Trinajstić information content (AvgIpc) is 3.36. The van der Waals surface area contributed by atoms with Crippen LogP contribution in [0.1, 0.15) is 111 Å². The van der Waals surface area contributed by atoms with Gasteiger partial charge in [0, 0.05) is 18.2 Å². The molecule has 1 saturated carbocycles. The molecule has 0 aliphatic heterocycles. The lowest BCUT2D eigenvalue weighted by atomic mass is 9.79. The van der Waals surface area contributed by atoms with Crippen molar-refractivity contribution in [3.63, 3.8) is 0 Å². The highest BCUT2D eigenvalue weighted by Gasteiger charge is 2.33. The van der Waals surface area contributed by atoms with Crippen molar-refractivity contribution in [2.24, 2.45) is 17.8 Å². The van der Waals surface area contributed by atoms with Gasteiger partial charge < -0.3 is 31.1 Å². The smallest absolute Gasteiger partial charge is 0.409 e. The van der Waals surface area contributed by atoms with Crippen LogP contribution in [0.4, 0.5) is 4.79 Å². The number of aromatic nitrogens is 2. The molecule has 0 aromatic carbocycles. The number of ether oxygens (including phenoxy) is 1. The van der Waals surface area contributed by atoms with Crippen LogP contribution >= 0.6 is 11.8 Å². The summed E-state index contributed by atoms with van der Waals surface area (Å²) in [6.45, 7) is 15.8. The second kappa shape index (κ2) is 23.5. The van der Waals surface area contributed by atoms with Crippen LogP contribution in [0.15, 0.2) is 6.07 Å². The van der Waals surface area contributed by atoms with Gasteiger partial charge in [-0.3, -0.25) is 14.4 Å². The summed E-state index contributed by atoms with van der Waals surface area (Å²) in [6.07, 6.45) is 7.37. The predicted octanol–water partition coefficient (Wildman–Crippen LogP) is 4.84. The van der Waals surface area contributed by atoms with E-state index < -0.39 is 42.1 Å². The van der Waals surface area contributed by atoms with Crippen LogP contribution in [0.2, 0.25) is 0 Å². The average molecular weight is 697 g/mol. The van der Waals surface area contributed by atoms with Crippen molar-refractivity contribution in [2.75, 3.05) is 18.6 Å². The number of rotatable bonds is 21. The Hall–Kier alpha value is -2.80. The van der Waals surface area contributed by atoms with Gasteiger partial charge in [-0.2, -0.15) is 16.9 Å². The van der Waals surface area contributed by atoms with Gasteiger partial charge in [-0.25, -0.2) is 9.48 Å². The van der Waals surface area contributed by atoms with Crippen molar-refractivity contribution in [2.45, 2.75) is 144 Å². The van der Waals surface area contributed by atoms with Gasteiger partial charge in [0.2, 0.25) is 17.7 Å². The summed E-state index contributed by atoms with van der Waals surface area (Å²) in [5, 5.41) is 27.1. The lowest BCUT2D eigenvalue weighted by Gasteiger charge is -2.34. The molecule has 5 atom stereocenters. The van der Waals surface area contributed by atoms with Gasteiger partial charge >= 0.3 is 6.09 Å². The normalized spacial score (nSPS) is 15.9. The number of aliphatic hydroxyl groups is 1. The highest BCUT2D eigenvalue weighted by molar-refractivity contribution is 7.98. The summed E-state index contributed by atoms with van der Waals surface area (Å²) in [5.74, 6) is -0.639. The first kappa shape index (κ1) is 43.2. The molecule has 5 N–H and O–H groups in total. The number of nitrogens with one attached hydrogen (secondary N) is 4. The van der Waals surface area contributed by atoms with Gasteiger partial charge in [-0.05, 0) is 69.4 Å². The van der Waals surface area contributed by atoms with E-state index in [4.69, 9.17) is 4.74 Å². The summed E-state index contributed by atoms with van der Waals surface area (Å²) < 4.78 is 6.91. The predicted molar refractivity (Wildman–Crippen MR) is 192 cm³/mol. The Morgan fingerprint density at radius 3 is 2.27 bits per heavy atom. The summed E-state index contributed by atoms with van der Waals surface area (Å²) in [4.78, 5) is 52.2. The number of carbonyl (C=O) groups is 4. The molecule has 13 heteroatoms. The van der Waals surface area contributed by atoms with Gasteiger partial charge in [-0.1, -0.05) is 73.6 Å². The Morgan fingerprint density at radius 1 is 1.04 bits per heavy atom. The van der Waals surface area contributed by atoms with Gasteiger partial charge in [0.15, 0.2) is 6.73 Å². The molecule has 1 aromatic rings. The minimum absolute atomic E-state index is 0.0798. The molecule has 0 unspecified atom stereocenters. The van der Waals surface area contributed by atoms with Crippen molar-refractivity contribution >= 4 is 35.6 Å². The lowest BCUT2D eigenvalue weighted by molar-refractivity contribution is -0.132. The number of hydrogen-bond donors (Lipinski definition) is 5. The topological polar surface area (TPSA) is 164 Å². The molecule has 1 heterocycles. The molecule has 0 radical (unpaired) electrons. The van der Waals surface area contributed by atoms with Crippen LogP contribution in [0.25, 0.3) is 0 Å². The number of aliphatic hydroxyl groups excluding tert-OH is 1. The minimum atomic E-state index is -0.996. The van der Waals surface area contributed by atoms with E-state index in [0.717, 1.165) is 49.9 Å². The van der Waals surface area contributed by atoms with Crippen molar-refractivity contribution in [1.29, 1.82) is 0 Å². The van der Waals surface area contributed by atoms with Gasteiger partial charge in [-0.15, -0.1) is 0 Å². The number of alkyl carbamates (subject to hydrolysis) is 1. The summed E-state index contributed by atoms with van der Waals surface area (Å²) in [6, 6.07) is -0.258. The first-order chi connectivity index (χ1) is 22.9. The van der Waals surface area contributed by atoms with Gasteiger partial charge in [0.05, 0.1) is 17.8 Å². The highest BCUT2D eigenvalue weighted by atomic mass is 32.2. The number of amides is 4. The first-order valence-corrected chi connectivity index (χ1v) is 19.2. The van der Waals surface area contributed by atoms with E-state index in [-0.39, 0.29) is 30.9 Å². The Bertz CT molecular complexity index is 1110. The van der Waals surface area contributed by atoms with E-state index in [0.29, 0.717) is 31.1 Å². The van der Waals surface area contributed by atoms with Gasteiger partial charge in [0.25, 0.3) is 0 Å². The Balaban J connectivity index is 0.00000565. The second-order valence-electron chi connectivity index (χ2n) is 13.0. The number of hydrogen-bond acceptors (Lipinski definition) is 8. The fourth-order valence-corrected chi connectivity index (χ4v) is 5.93. The molecule has 48 heavy (non-hydrogen) atoms. The maximum Gasteiger partial charge on any atom is 0.409 e. The van der Waals surface area contributed by atoms with E-state index >= 15 is 0 Å². The van der Waals surface area contributed by atoms with Crippen molar-refractivity contribution in [3.05, 3.63) is 17.5 Å². The quantitative estimate of drug-likeness (QED) is 0.114. The van der Waals surface area contributed by atoms with E-state index in [1.807, 2.05) is 53.9 Å². The maximum absolute atomic E-state index is 13.5. The molecule has 12 nitrogen and oxygen atoms in total. The fourth-order valence-electron chi connectivity index (χ4n) is 5.46. The third-order valence-electron chi connectivity index (χ3n) is 8.61. The highest BCUT2D eigenvalue weighted by Crippen LogP contribution is 2.32. The fraction of sp³-hybridized carbons (Fsp3) is 0.800. The standard InChI is InChI=1S/C33H58N6O6S.C2H6/c1-8-9-10-15-34-32(43)29(21(2)3)37-30(41)22(4)17-28(40)27(19-25-12-11-13-25)35-31(42)26(14-16-46-7)36-33(44)45-20-39-24(6)18-23(5)38-39;1-2/h18,21-22,25-29,40H,8-17,19-20H2,1-7H3,(H,34,43)(H,35,42)(H,36,44)(H,37,41);1-2H3/t22-,26+,27+,28+,29+;/m1./s1. The number of carbonyl (C=O) groups excluding carboxylic acids is 4. The van der Waals surface area contributed by atoms with Crippen LogP contribution in [-0.2, 0) is 25.9 Å². The van der Waals surface area contributed by atoms with Crippen LogP contribution in [0, 0.1) is 31.6 Å². The molecule has 2 rings (SSSR count). The van der Waals surface area contributed by atoms with E-state index in [9.17, 15) is 24.3 Å². The second-order valence-corrected chi connectivity index (χ2v) is 14.0. The zero-order valence-corrected chi connectivity index (χ0v) is 31.7. The molecule has 1 aliphatic rings. The van der Waals surface area contributed by atoms with Crippen LogP contribution in [0.5, 0.6) is 0 Å². The SMILES string of the molecule is CC.CCCCCNC(=O)[C@@H](NC(=O)[C@H](C)C[C@H](O)[C@H](CC1CCC1)NC(=O)[C@H](CCSC)NC(=O)OCn1nc(C)cc1C)C(C)C. The first-order valence-electron chi connectivity index (χ1n) is 17.9. The molecule has 0 bridgehead atoms. The van der Waals surface area contributed by atoms with Crippen LogP contribution in [0.3, 0.4) is 0 Å². The molecular weight excluding hydrogens is 632 g/mol. The van der Waals surface area contributed by atoms with E-state index in [1.54, 1.807) is 23.4 Å². The van der Waals surface area contributed by atoms with Crippen molar-refractivity contribution < 1.29 is 29.0 Å². The lowest BCUT2D eigenvalue weighted by Crippen LogP contribution is -2.54. The zero-order valence-electron chi connectivity index (χ0n) is 30.9. The van der Waals surface area contributed by atoms with E-state index in [2.05, 4.69) is 33.3 Å². The van der Waals surface area contributed by atoms with Crippen molar-refractivity contribution in [3.8, 4) is 0 Å². The summed E-state index contributed by atoms with van der Waals surface area (Å²) in [5.41, 5.74) is 1.66. The van der Waals surface area contributed by atoms with Crippen LogP contribution in [-0.4, -0.2) is 81.5 Å². The molecule has 0 spiro atoms. The number of unbranched alkanes of at least 4 members (excludes halogenated alkanes) is 2. The Morgan fingerprint density at radius 2 is 1.73 bits per heavy atom. The van der Waals surface area contributed by atoms with Crippen LogP contribution < -0.4 is 21.3 Å². The largest absolute Gasteiger partial charge is 0.426 e. The third-order valence-corrected chi connectivity index (χ3v) is 9.26. The molecule has 0 saturated heterocycles. The Labute approximate surface area is 293 Å². The molecular formula is C35H64N6O6S. The molecule has 1 aromatic heterocycles. The number of aryl methyl sites for hydroxylation is 2. The third kappa shape index (κ3) is 15.6. The number of thioether (sulfide) groups is 1. The summed E-state index contributed by atoms with van der Waals surface area (Å²) in [7, 11) is 0. The molecule has 4 amide bonds. The van der Waals surface area contributed by atoms with Crippen molar-refractivity contribution in [1.82, 2.24) is 31.0 Å². The van der Waals surface area contributed by atoms with E-state index in [1.165, 1.54) is 0 Å². The number of nitrogens with zero attached hydrogens (tertiary/aromatic N) is 2. The Kier molecular flexibility index (Phi) is 21.2. The molecule has 1 fully saturated rings. The zero-order chi connectivity index (χ0) is 36.2. The molecule has 276 valence electrons. The monoisotopic (exact) mass is 696 g/mol. The summed E-state index contributed by atoms with van der Waals surface area (Å²) >= 11 is 1.56. The molecule has 1 aliphatic carbocycles. The maximum atomic E-state index is 13.5. The minimum Gasteiger partial charge on any atom is -0.426 e. The van der Waals surface area contributed by atoms with Gasteiger partial charge in [0.1, 0.15) is 12.1 Å².